The Morgan fingerprint density at radius 3 is 2.54 bits per heavy atom. The summed E-state index contributed by atoms with van der Waals surface area (Å²) in [5, 5.41) is 11.9. The Morgan fingerprint density at radius 2 is 1.96 bits per heavy atom. The van der Waals surface area contributed by atoms with Crippen LogP contribution in [0, 0.1) is 17.1 Å². The molecule has 0 spiro atoms. The van der Waals surface area contributed by atoms with Crippen molar-refractivity contribution in [1.29, 1.82) is 5.26 Å². The molecule has 6 nitrogen and oxygen atoms in total. The van der Waals surface area contributed by atoms with Crippen LogP contribution in [0.5, 0.6) is 5.75 Å². The number of nitrogens with two attached hydrogens (primary N) is 1. The number of ether oxygens (including phenoxy) is 1. The number of nitrogens with zero attached hydrogens (tertiary/aromatic N) is 1. The van der Waals surface area contributed by atoms with E-state index in [1.165, 1.54) is 42.5 Å². The quantitative estimate of drug-likeness (QED) is 0.599. The Hall–Kier alpha value is -3.37. The molecule has 3 N–H and O–H groups in total. The van der Waals surface area contributed by atoms with Gasteiger partial charge < -0.3 is 15.8 Å². The molecule has 26 heavy (non-hydrogen) atoms. The van der Waals surface area contributed by atoms with Crippen LogP contribution in [0.4, 0.5) is 10.1 Å². The second kappa shape index (κ2) is 8.65. The minimum atomic E-state index is -0.649. The highest BCUT2D eigenvalue weighted by Crippen LogP contribution is 2.26. The molecule has 0 fully saturated rings. The lowest BCUT2D eigenvalue weighted by molar-refractivity contribution is -0.120. The molecule has 0 heterocycles. The van der Waals surface area contributed by atoms with Gasteiger partial charge in [-0.05, 0) is 48.0 Å². The minimum absolute atomic E-state index is 0.170. The number of anilines is 1. The maximum atomic E-state index is 12.9. The average Bonchev–Trinajstić information content (AvgIpc) is 2.60. The van der Waals surface area contributed by atoms with E-state index in [0.717, 1.165) is 0 Å². The molecule has 0 saturated heterocycles. The van der Waals surface area contributed by atoms with Gasteiger partial charge in [-0.3, -0.25) is 9.59 Å². The molecular formula is C18H13ClFN3O3. The van der Waals surface area contributed by atoms with Crippen molar-refractivity contribution in [3.8, 4) is 11.8 Å². The van der Waals surface area contributed by atoms with E-state index in [-0.39, 0.29) is 23.0 Å². The number of primary amides is 1. The zero-order chi connectivity index (χ0) is 19.1. The lowest BCUT2D eigenvalue weighted by Crippen LogP contribution is -2.20. The number of nitrogens with one attached hydrogen (secondary N) is 1. The van der Waals surface area contributed by atoms with Gasteiger partial charge in [0.05, 0.1) is 5.02 Å². The first-order chi connectivity index (χ1) is 12.4. The average molecular weight is 374 g/mol. The summed E-state index contributed by atoms with van der Waals surface area (Å²) in [6.07, 6.45) is 1.34. The van der Waals surface area contributed by atoms with E-state index < -0.39 is 17.6 Å². The molecule has 0 aliphatic carbocycles. The van der Waals surface area contributed by atoms with E-state index >= 15 is 0 Å². The van der Waals surface area contributed by atoms with Crippen LogP contribution in [0.3, 0.4) is 0 Å². The minimum Gasteiger partial charge on any atom is -0.482 e. The summed E-state index contributed by atoms with van der Waals surface area (Å²) < 4.78 is 18.0. The molecule has 0 aliphatic heterocycles. The molecule has 0 saturated carbocycles. The lowest BCUT2D eigenvalue weighted by Gasteiger charge is -2.07. The molecule has 0 unspecified atom stereocenters. The van der Waals surface area contributed by atoms with Gasteiger partial charge in [0.25, 0.3) is 11.8 Å². The van der Waals surface area contributed by atoms with Gasteiger partial charge in [-0.1, -0.05) is 17.7 Å². The fourth-order valence-corrected chi connectivity index (χ4v) is 2.16. The number of rotatable bonds is 6. The highest BCUT2D eigenvalue weighted by atomic mass is 35.5. The molecule has 0 aliphatic rings. The Bertz CT molecular complexity index is 905. The van der Waals surface area contributed by atoms with Crippen LogP contribution >= 0.6 is 11.6 Å². The van der Waals surface area contributed by atoms with Crippen molar-refractivity contribution in [3.63, 3.8) is 0 Å². The van der Waals surface area contributed by atoms with Crippen molar-refractivity contribution in [3.05, 3.63) is 64.4 Å². The van der Waals surface area contributed by atoms with Gasteiger partial charge in [0.1, 0.15) is 23.2 Å². The topological polar surface area (TPSA) is 105 Å². The second-order valence-electron chi connectivity index (χ2n) is 5.08. The summed E-state index contributed by atoms with van der Waals surface area (Å²) in [6.45, 7) is -0.321. The van der Waals surface area contributed by atoms with E-state index in [1.54, 1.807) is 12.1 Å². The van der Waals surface area contributed by atoms with E-state index in [9.17, 15) is 19.2 Å². The Balaban J connectivity index is 2.15. The summed E-state index contributed by atoms with van der Waals surface area (Å²) in [7, 11) is 0. The first-order valence-corrected chi connectivity index (χ1v) is 7.66. The van der Waals surface area contributed by atoms with Gasteiger partial charge in [-0.2, -0.15) is 5.26 Å². The van der Waals surface area contributed by atoms with Crippen LogP contribution in [0.1, 0.15) is 5.56 Å². The molecule has 2 aromatic rings. The molecule has 2 aromatic carbocycles. The number of hydrogen-bond donors (Lipinski definition) is 2. The predicted molar refractivity (Wildman–Crippen MR) is 94.8 cm³/mol. The summed E-state index contributed by atoms with van der Waals surface area (Å²) in [5.74, 6) is -1.48. The van der Waals surface area contributed by atoms with E-state index in [4.69, 9.17) is 22.1 Å². The number of halogens is 2. The number of amides is 2. The van der Waals surface area contributed by atoms with Gasteiger partial charge in [0.2, 0.25) is 0 Å². The van der Waals surface area contributed by atoms with Gasteiger partial charge in [-0.25, -0.2) is 4.39 Å². The van der Waals surface area contributed by atoms with E-state index in [0.29, 0.717) is 11.3 Å². The monoisotopic (exact) mass is 373 g/mol. The lowest BCUT2D eigenvalue weighted by atomic mass is 10.1. The zero-order valence-corrected chi connectivity index (χ0v) is 14.1. The number of carbonyl (C=O) groups excluding carboxylic acids is 2. The van der Waals surface area contributed by atoms with Gasteiger partial charge in [0.15, 0.2) is 6.61 Å². The van der Waals surface area contributed by atoms with Gasteiger partial charge in [-0.15, -0.1) is 0 Å². The normalized spacial score (nSPS) is 10.7. The second-order valence-corrected chi connectivity index (χ2v) is 5.48. The van der Waals surface area contributed by atoms with Crippen molar-refractivity contribution in [2.45, 2.75) is 0 Å². The van der Waals surface area contributed by atoms with Crippen molar-refractivity contribution < 1.29 is 18.7 Å². The number of hydrogen-bond acceptors (Lipinski definition) is 4. The van der Waals surface area contributed by atoms with Crippen LogP contribution in [0.2, 0.25) is 5.02 Å². The molecule has 0 aromatic heterocycles. The van der Waals surface area contributed by atoms with Crippen LogP contribution in [-0.2, 0) is 9.59 Å². The highest BCUT2D eigenvalue weighted by molar-refractivity contribution is 6.32. The molecule has 2 amide bonds. The molecule has 8 heteroatoms. The smallest absolute Gasteiger partial charge is 0.266 e. The van der Waals surface area contributed by atoms with Crippen molar-refractivity contribution >= 4 is 35.2 Å². The maximum Gasteiger partial charge on any atom is 0.266 e. The number of nitriles is 1. The fourth-order valence-electron chi connectivity index (χ4n) is 1.92. The van der Waals surface area contributed by atoms with Crippen LogP contribution in [-0.4, -0.2) is 18.4 Å². The Labute approximate surface area is 153 Å². The van der Waals surface area contributed by atoms with Gasteiger partial charge in [0, 0.05) is 5.69 Å². The van der Waals surface area contributed by atoms with E-state index in [2.05, 4.69) is 5.32 Å². The van der Waals surface area contributed by atoms with Crippen LogP contribution in [0.25, 0.3) is 6.08 Å². The highest BCUT2D eigenvalue weighted by Gasteiger charge is 2.11. The largest absolute Gasteiger partial charge is 0.482 e. The Kier molecular flexibility index (Phi) is 6.31. The fraction of sp³-hybridized carbons (Fsp3) is 0.0556. The van der Waals surface area contributed by atoms with Crippen molar-refractivity contribution in [1.82, 2.24) is 0 Å². The number of benzene rings is 2. The van der Waals surface area contributed by atoms with Crippen molar-refractivity contribution in [2.24, 2.45) is 5.73 Å². The summed E-state index contributed by atoms with van der Waals surface area (Å²) in [5.41, 5.74) is 5.65. The standard InChI is InChI=1S/C18H13ClFN3O3/c19-15-8-11(1-6-16(15)26-10-17(22)24)7-12(9-21)18(25)23-14-4-2-13(20)3-5-14/h1-8H,10H2,(H2,22,24)(H,23,25)/b12-7+. The summed E-state index contributed by atoms with van der Waals surface area (Å²) >= 11 is 6.04. The van der Waals surface area contributed by atoms with E-state index in [1.807, 2.05) is 0 Å². The predicted octanol–water partition coefficient (Wildman–Crippen LogP) is 2.89. The Morgan fingerprint density at radius 1 is 1.27 bits per heavy atom. The summed E-state index contributed by atoms with van der Waals surface area (Å²) in [4.78, 5) is 22.9. The zero-order valence-electron chi connectivity index (χ0n) is 13.3. The third-order valence-corrected chi connectivity index (χ3v) is 3.40. The molecule has 2 rings (SSSR count). The molecular weight excluding hydrogens is 361 g/mol. The summed E-state index contributed by atoms with van der Waals surface area (Å²) in [6, 6.07) is 11.5. The third kappa shape index (κ3) is 5.33. The SMILES string of the molecule is N#C/C(=C\c1ccc(OCC(N)=O)c(Cl)c1)C(=O)Nc1ccc(F)cc1. The first-order valence-electron chi connectivity index (χ1n) is 7.28. The van der Waals surface area contributed by atoms with Crippen molar-refractivity contribution in [2.75, 3.05) is 11.9 Å². The maximum absolute atomic E-state index is 12.9. The number of carbonyl (C=O) groups is 2. The molecule has 0 bridgehead atoms. The molecule has 132 valence electrons. The van der Waals surface area contributed by atoms with Crippen LogP contribution < -0.4 is 15.8 Å². The third-order valence-electron chi connectivity index (χ3n) is 3.10. The molecule has 0 atom stereocenters. The molecule has 0 radical (unpaired) electrons. The van der Waals surface area contributed by atoms with Crippen LogP contribution in [0.15, 0.2) is 48.0 Å². The first kappa shape index (κ1) is 19.0. The van der Waals surface area contributed by atoms with Gasteiger partial charge >= 0.3 is 0 Å².